The third-order valence-electron chi connectivity index (χ3n) is 2.08. The second kappa shape index (κ2) is 4.50. The topological polar surface area (TPSA) is 101 Å². The zero-order valence-electron chi connectivity index (χ0n) is 8.97. The van der Waals surface area contributed by atoms with E-state index in [1.54, 1.807) is 0 Å². The molecule has 0 radical (unpaired) electrons. The van der Waals surface area contributed by atoms with E-state index in [1.165, 1.54) is 21.1 Å². The van der Waals surface area contributed by atoms with Gasteiger partial charge in [-0.2, -0.15) is 0 Å². The van der Waals surface area contributed by atoms with Crippen LogP contribution >= 0.6 is 0 Å². The highest BCUT2D eigenvalue weighted by molar-refractivity contribution is 6.23. The largest absolute Gasteiger partial charge is 0.489 e. The molecule has 0 aliphatic heterocycles. The second-order valence-electron chi connectivity index (χ2n) is 2.89. The lowest BCUT2D eigenvalue weighted by Gasteiger charge is -2.17. The van der Waals surface area contributed by atoms with Crippen LogP contribution in [0.3, 0.4) is 0 Å². The second-order valence-corrected chi connectivity index (χ2v) is 2.89. The summed E-state index contributed by atoms with van der Waals surface area (Å²) >= 11 is 0. The molecule has 0 aromatic rings. The van der Waals surface area contributed by atoms with Crippen molar-refractivity contribution in [2.24, 2.45) is 5.11 Å². The molecule has 0 unspecified atom stereocenters. The molecule has 0 N–H and O–H groups in total. The van der Waals surface area contributed by atoms with Crippen LogP contribution in [0, 0.1) is 0 Å². The molecule has 0 spiro atoms. The van der Waals surface area contributed by atoms with Crippen molar-refractivity contribution in [3.63, 3.8) is 0 Å². The van der Waals surface area contributed by atoms with E-state index in [9.17, 15) is 9.59 Å². The fraction of sp³-hybridized carbons (Fsp3) is 0.333. The van der Waals surface area contributed by atoms with E-state index in [1.807, 2.05) is 0 Å². The molecule has 0 fully saturated rings. The number of azide groups is 1. The van der Waals surface area contributed by atoms with Gasteiger partial charge >= 0.3 is 0 Å². The molecule has 0 heterocycles. The van der Waals surface area contributed by atoms with Gasteiger partial charge in [-0.3, -0.25) is 9.59 Å². The van der Waals surface area contributed by atoms with Crippen LogP contribution in [0.5, 0.6) is 0 Å². The Morgan fingerprint density at radius 2 is 1.62 bits per heavy atom. The van der Waals surface area contributed by atoms with Gasteiger partial charge in [0.25, 0.3) is 0 Å². The van der Waals surface area contributed by atoms with Crippen molar-refractivity contribution in [3.05, 3.63) is 33.2 Å². The lowest BCUT2D eigenvalue weighted by molar-refractivity contribution is -0.121. The van der Waals surface area contributed by atoms with E-state index in [0.29, 0.717) is 0 Å². The van der Waals surface area contributed by atoms with Gasteiger partial charge < -0.3 is 9.47 Å². The Balaban J connectivity index is 3.41. The number of nitrogens with zero attached hydrogens (tertiary/aromatic N) is 3. The molecule has 16 heavy (non-hydrogen) atoms. The van der Waals surface area contributed by atoms with Crippen LogP contribution in [0.4, 0.5) is 0 Å². The van der Waals surface area contributed by atoms with Gasteiger partial charge in [-0.1, -0.05) is 5.11 Å². The first-order chi connectivity index (χ1) is 7.58. The molecular formula is C9H9N3O4. The molecule has 0 saturated carbocycles. The van der Waals surface area contributed by atoms with Gasteiger partial charge in [0, 0.05) is 10.5 Å². The summed E-state index contributed by atoms with van der Waals surface area (Å²) in [5.41, 5.74) is 8.08. The van der Waals surface area contributed by atoms with E-state index in [0.717, 1.165) is 0 Å². The quantitative estimate of drug-likeness (QED) is 0.310. The molecule has 7 heteroatoms. The number of ketones is 2. The van der Waals surface area contributed by atoms with Crippen LogP contribution in [-0.4, -0.2) is 25.8 Å². The number of rotatable bonds is 3. The summed E-state index contributed by atoms with van der Waals surface area (Å²) < 4.78 is 9.56. The number of Topliss-reactive ketones (excluding diaryl/α,β-unsaturated/α-hetero) is 2. The van der Waals surface area contributed by atoms with Crippen LogP contribution in [-0.2, 0) is 19.1 Å². The standard InChI is InChI=1S/C9H9N3O4/c1-4-5(11-12-10)7(14)9(16-3)8(15-2)6(4)13/h1-3H3. The first kappa shape index (κ1) is 11.8. The monoisotopic (exact) mass is 223 g/mol. The summed E-state index contributed by atoms with van der Waals surface area (Å²) in [5.74, 6) is -1.61. The molecule has 0 amide bonds. The molecule has 0 aromatic carbocycles. The third kappa shape index (κ3) is 1.64. The van der Waals surface area contributed by atoms with E-state index >= 15 is 0 Å². The van der Waals surface area contributed by atoms with Crippen molar-refractivity contribution in [3.8, 4) is 0 Å². The van der Waals surface area contributed by atoms with Crippen molar-refractivity contribution >= 4 is 11.6 Å². The molecule has 1 aliphatic carbocycles. The lowest BCUT2D eigenvalue weighted by Crippen LogP contribution is -2.24. The summed E-state index contributed by atoms with van der Waals surface area (Å²) in [6, 6.07) is 0. The van der Waals surface area contributed by atoms with Gasteiger partial charge in [-0.05, 0) is 12.5 Å². The maximum absolute atomic E-state index is 11.7. The Kier molecular flexibility index (Phi) is 3.32. The number of carbonyl (C=O) groups is 2. The van der Waals surface area contributed by atoms with Crippen LogP contribution < -0.4 is 0 Å². The SMILES string of the molecule is COC1=C(OC)C(=O)C(N=[N+]=[N-])=C(C)C1=O. The summed E-state index contributed by atoms with van der Waals surface area (Å²) in [5, 5.41) is 3.18. The number of ether oxygens (including phenoxy) is 2. The van der Waals surface area contributed by atoms with Gasteiger partial charge in [0.05, 0.1) is 19.9 Å². The fourth-order valence-corrected chi connectivity index (χ4v) is 1.30. The highest BCUT2D eigenvalue weighted by Gasteiger charge is 2.34. The summed E-state index contributed by atoms with van der Waals surface area (Å²) in [7, 11) is 2.49. The van der Waals surface area contributed by atoms with Gasteiger partial charge in [0.1, 0.15) is 0 Å². The minimum absolute atomic E-state index is 0.0421. The summed E-state index contributed by atoms with van der Waals surface area (Å²) in [6.07, 6.45) is 0. The van der Waals surface area contributed by atoms with E-state index in [4.69, 9.17) is 15.0 Å². The van der Waals surface area contributed by atoms with E-state index < -0.39 is 11.6 Å². The van der Waals surface area contributed by atoms with Crippen molar-refractivity contribution in [1.82, 2.24) is 0 Å². The molecular weight excluding hydrogens is 214 g/mol. The van der Waals surface area contributed by atoms with Crippen molar-refractivity contribution in [1.29, 1.82) is 0 Å². The number of hydrogen-bond acceptors (Lipinski definition) is 5. The van der Waals surface area contributed by atoms with E-state index in [-0.39, 0.29) is 22.8 Å². The fourth-order valence-electron chi connectivity index (χ4n) is 1.30. The molecule has 0 saturated heterocycles. The minimum atomic E-state index is -0.658. The maximum atomic E-state index is 11.7. The maximum Gasteiger partial charge on any atom is 0.234 e. The molecule has 84 valence electrons. The molecule has 1 aliphatic rings. The summed E-state index contributed by atoms with van der Waals surface area (Å²) in [4.78, 5) is 25.9. The normalized spacial score (nSPS) is 16.2. The van der Waals surface area contributed by atoms with Gasteiger partial charge in [-0.15, -0.1) is 0 Å². The van der Waals surface area contributed by atoms with Gasteiger partial charge in [0.15, 0.2) is 0 Å². The molecule has 1 rings (SSSR count). The number of carbonyl (C=O) groups excluding carboxylic acids is 2. The predicted molar refractivity (Wildman–Crippen MR) is 52.9 cm³/mol. The van der Waals surface area contributed by atoms with Gasteiger partial charge in [-0.25, -0.2) is 0 Å². The van der Waals surface area contributed by atoms with Crippen molar-refractivity contribution in [2.75, 3.05) is 14.2 Å². The zero-order valence-corrected chi connectivity index (χ0v) is 8.97. The van der Waals surface area contributed by atoms with Crippen molar-refractivity contribution in [2.45, 2.75) is 6.92 Å². The Morgan fingerprint density at radius 1 is 1.12 bits per heavy atom. The molecule has 0 aromatic heterocycles. The number of hydrogen-bond donors (Lipinski definition) is 0. The Morgan fingerprint density at radius 3 is 2.06 bits per heavy atom. The van der Waals surface area contributed by atoms with Gasteiger partial charge in [0.2, 0.25) is 23.1 Å². The Labute approximate surface area is 91.0 Å². The Hall–Kier alpha value is -2.27. The highest BCUT2D eigenvalue weighted by Crippen LogP contribution is 2.26. The number of methoxy groups -OCH3 is 2. The smallest absolute Gasteiger partial charge is 0.234 e. The zero-order chi connectivity index (χ0) is 12.3. The third-order valence-corrected chi connectivity index (χ3v) is 2.08. The average molecular weight is 223 g/mol. The van der Waals surface area contributed by atoms with Crippen LogP contribution in [0.25, 0.3) is 10.4 Å². The van der Waals surface area contributed by atoms with Crippen molar-refractivity contribution < 1.29 is 19.1 Å². The average Bonchev–Trinajstić information content (AvgIpc) is 2.29. The Bertz CT molecular complexity index is 465. The van der Waals surface area contributed by atoms with Crippen LogP contribution in [0.2, 0.25) is 0 Å². The molecule has 7 nitrogen and oxygen atoms in total. The van der Waals surface area contributed by atoms with Crippen LogP contribution in [0.15, 0.2) is 27.9 Å². The summed E-state index contributed by atoms with van der Waals surface area (Å²) in [6.45, 7) is 1.38. The lowest BCUT2D eigenvalue weighted by atomic mass is 9.98. The number of allylic oxidation sites excluding steroid dienone is 1. The minimum Gasteiger partial charge on any atom is -0.489 e. The highest BCUT2D eigenvalue weighted by atomic mass is 16.5. The molecule has 0 atom stereocenters. The first-order valence-electron chi connectivity index (χ1n) is 4.26. The molecule has 0 bridgehead atoms. The van der Waals surface area contributed by atoms with E-state index in [2.05, 4.69) is 10.0 Å². The van der Waals surface area contributed by atoms with Crippen LogP contribution in [0.1, 0.15) is 6.92 Å². The predicted octanol–water partition coefficient (Wildman–Crippen LogP) is 1.23. The first-order valence-corrected chi connectivity index (χ1v) is 4.26.